The minimum absolute atomic E-state index is 0.0407. The van der Waals surface area contributed by atoms with Gasteiger partial charge in [-0.15, -0.1) is 5.10 Å². The summed E-state index contributed by atoms with van der Waals surface area (Å²) in [7, 11) is 1.45. The lowest BCUT2D eigenvalue weighted by Gasteiger charge is -2.22. The number of halogens is 1. The Balaban J connectivity index is 2.01. The topological polar surface area (TPSA) is 66.0 Å². The van der Waals surface area contributed by atoms with Crippen LogP contribution in [0.5, 0.6) is 5.75 Å². The third-order valence-electron chi connectivity index (χ3n) is 3.47. The molecule has 3 rings (SSSR count). The number of aromatic nitrogens is 3. The summed E-state index contributed by atoms with van der Waals surface area (Å²) in [5, 5.41) is 4.15. The van der Waals surface area contributed by atoms with Crippen molar-refractivity contribution in [2.45, 2.75) is 25.3 Å². The number of rotatable bonds is 2. The molecular formula is C13H15FN4O. The minimum atomic E-state index is -0.357. The maximum Gasteiger partial charge on any atom is 0.239 e. The van der Waals surface area contributed by atoms with Crippen LogP contribution in [0.2, 0.25) is 0 Å². The normalized spacial score (nSPS) is 18.1. The van der Waals surface area contributed by atoms with Gasteiger partial charge < -0.3 is 10.5 Å². The molecule has 5 nitrogen and oxygen atoms in total. The summed E-state index contributed by atoms with van der Waals surface area (Å²) >= 11 is 0. The maximum absolute atomic E-state index is 13.8. The van der Waals surface area contributed by atoms with Crippen molar-refractivity contribution in [1.29, 1.82) is 0 Å². The van der Waals surface area contributed by atoms with Crippen LogP contribution in [0.4, 0.5) is 10.3 Å². The lowest BCUT2D eigenvalue weighted by Crippen LogP contribution is -2.18. The van der Waals surface area contributed by atoms with Gasteiger partial charge in [0.25, 0.3) is 0 Å². The highest BCUT2D eigenvalue weighted by atomic mass is 19.1. The predicted molar refractivity (Wildman–Crippen MR) is 68.5 cm³/mol. The Kier molecular flexibility index (Phi) is 2.85. The summed E-state index contributed by atoms with van der Waals surface area (Å²) in [6.45, 7) is 0.814. The van der Waals surface area contributed by atoms with Gasteiger partial charge in [-0.2, -0.15) is 4.98 Å². The first kappa shape index (κ1) is 12.0. The quantitative estimate of drug-likeness (QED) is 0.898. The van der Waals surface area contributed by atoms with E-state index in [1.54, 1.807) is 6.07 Å². The van der Waals surface area contributed by atoms with Crippen molar-refractivity contribution in [3.05, 3.63) is 35.4 Å². The number of methoxy groups -OCH3 is 1. The first-order valence-electron chi connectivity index (χ1n) is 6.22. The minimum Gasteiger partial charge on any atom is -0.494 e. The monoisotopic (exact) mass is 262 g/mol. The molecule has 1 unspecified atom stereocenters. The fraction of sp³-hybridized carbons (Fsp3) is 0.385. The summed E-state index contributed by atoms with van der Waals surface area (Å²) in [6.07, 6.45) is 1.90. The van der Waals surface area contributed by atoms with Gasteiger partial charge in [0.05, 0.1) is 7.11 Å². The van der Waals surface area contributed by atoms with E-state index in [4.69, 9.17) is 10.5 Å². The fourth-order valence-corrected chi connectivity index (χ4v) is 2.58. The van der Waals surface area contributed by atoms with E-state index < -0.39 is 0 Å². The van der Waals surface area contributed by atoms with E-state index in [0.717, 1.165) is 30.8 Å². The Hall–Kier alpha value is -2.11. The third-order valence-corrected chi connectivity index (χ3v) is 3.47. The van der Waals surface area contributed by atoms with E-state index in [-0.39, 0.29) is 23.4 Å². The number of nitrogens with zero attached hydrogens (tertiary/aromatic N) is 3. The number of ether oxygens (including phenoxy) is 1. The average molecular weight is 262 g/mol. The Morgan fingerprint density at radius 1 is 1.47 bits per heavy atom. The molecule has 6 heteroatoms. The lowest BCUT2D eigenvalue weighted by molar-refractivity contribution is 0.385. The zero-order valence-electron chi connectivity index (χ0n) is 10.6. The van der Waals surface area contributed by atoms with Crippen molar-refractivity contribution >= 4 is 5.95 Å². The molecule has 100 valence electrons. The standard InChI is InChI=1S/C13H15FN4O/c1-19-11-5-4-8(7-10(11)14)9-3-2-6-18-12(9)16-13(15)17-18/h4-5,7,9H,2-3,6H2,1H3,(H2,15,17). The van der Waals surface area contributed by atoms with Crippen molar-refractivity contribution in [2.75, 3.05) is 12.8 Å². The number of benzene rings is 1. The van der Waals surface area contributed by atoms with Crippen LogP contribution in [0.1, 0.15) is 30.1 Å². The van der Waals surface area contributed by atoms with Crippen LogP contribution in [0.3, 0.4) is 0 Å². The van der Waals surface area contributed by atoms with E-state index in [1.807, 2.05) is 10.7 Å². The van der Waals surface area contributed by atoms with E-state index in [0.29, 0.717) is 0 Å². The molecule has 1 aliphatic rings. The van der Waals surface area contributed by atoms with Crippen molar-refractivity contribution < 1.29 is 9.13 Å². The predicted octanol–water partition coefficient (Wildman–Crippen LogP) is 1.93. The molecule has 2 heterocycles. The molecule has 19 heavy (non-hydrogen) atoms. The number of anilines is 1. The number of aryl methyl sites for hydroxylation is 1. The number of hydrogen-bond acceptors (Lipinski definition) is 4. The molecule has 0 radical (unpaired) electrons. The Labute approximate surface area is 110 Å². The fourth-order valence-electron chi connectivity index (χ4n) is 2.58. The first-order valence-corrected chi connectivity index (χ1v) is 6.22. The van der Waals surface area contributed by atoms with Crippen molar-refractivity contribution in [3.8, 4) is 5.75 Å². The molecule has 0 fully saturated rings. The van der Waals surface area contributed by atoms with Crippen molar-refractivity contribution in [3.63, 3.8) is 0 Å². The van der Waals surface area contributed by atoms with Crippen LogP contribution in [0, 0.1) is 5.82 Å². The highest BCUT2D eigenvalue weighted by molar-refractivity contribution is 5.35. The van der Waals surface area contributed by atoms with Crippen LogP contribution < -0.4 is 10.5 Å². The third kappa shape index (κ3) is 2.03. The van der Waals surface area contributed by atoms with E-state index in [1.165, 1.54) is 13.2 Å². The van der Waals surface area contributed by atoms with Crippen molar-refractivity contribution in [1.82, 2.24) is 14.8 Å². The second kappa shape index (κ2) is 4.53. The second-order valence-electron chi connectivity index (χ2n) is 4.64. The van der Waals surface area contributed by atoms with Gasteiger partial charge in [-0.1, -0.05) is 6.07 Å². The zero-order valence-corrected chi connectivity index (χ0v) is 10.6. The highest BCUT2D eigenvalue weighted by Crippen LogP contribution is 2.34. The Morgan fingerprint density at radius 2 is 2.32 bits per heavy atom. The number of nitrogens with two attached hydrogens (primary N) is 1. The summed E-state index contributed by atoms with van der Waals surface area (Å²) in [6, 6.07) is 5.01. The molecule has 1 aromatic carbocycles. The SMILES string of the molecule is COc1ccc(C2CCCn3nc(N)nc32)cc1F. The molecular weight excluding hydrogens is 247 g/mol. The van der Waals surface area contributed by atoms with E-state index in [9.17, 15) is 4.39 Å². The summed E-state index contributed by atoms with van der Waals surface area (Å²) in [5.74, 6) is 1.02. The van der Waals surface area contributed by atoms with Gasteiger partial charge in [-0.3, -0.25) is 0 Å². The van der Waals surface area contributed by atoms with E-state index in [2.05, 4.69) is 10.1 Å². The highest BCUT2D eigenvalue weighted by Gasteiger charge is 2.26. The van der Waals surface area contributed by atoms with Crippen LogP contribution >= 0.6 is 0 Å². The van der Waals surface area contributed by atoms with Gasteiger partial charge in [0.2, 0.25) is 5.95 Å². The molecule has 0 amide bonds. The van der Waals surface area contributed by atoms with Gasteiger partial charge >= 0.3 is 0 Å². The lowest BCUT2D eigenvalue weighted by atomic mass is 9.91. The number of fused-ring (bicyclic) bond motifs is 1. The molecule has 0 saturated carbocycles. The smallest absolute Gasteiger partial charge is 0.239 e. The summed E-state index contributed by atoms with van der Waals surface area (Å²) in [4.78, 5) is 4.26. The molecule has 0 saturated heterocycles. The van der Waals surface area contributed by atoms with Crippen LogP contribution in [0.15, 0.2) is 18.2 Å². The summed E-state index contributed by atoms with van der Waals surface area (Å²) in [5.41, 5.74) is 6.52. The van der Waals surface area contributed by atoms with Crippen LogP contribution in [-0.2, 0) is 6.54 Å². The summed E-state index contributed by atoms with van der Waals surface area (Å²) < 4.78 is 20.5. The van der Waals surface area contributed by atoms with E-state index >= 15 is 0 Å². The number of hydrogen-bond donors (Lipinski definition) is 1. The molecule has 2 aromatic rings. The van der Waals surface area contributed by atoms with Crippen LogP contribution in [0.25, 0.3) is 0 Å². The molecule has 1 atom stereocenters. The largest absolute Gasteiger partial charge is 0.494 e. The van der Waals surface area contributed by atoms with Gasteiger partial charge in [0.1, 0.15) is 5.82 Å². The molecule has 0 bridgehead atoms. The Morgan fingerprint density at radius 3 is 3.05 bits per heavy atom. The van der Waals surface area contributed by atoms with Crippen LogP contribution in [-0.4, -0.2) is 21.9 Å². The van der Waals surface area contributed by atoms with Gasteiger partial charge in [0, 0.05) is 12.5 Å². The number of nitrogen functional groups attached to an aromatic ring is 1. The average Bonchev–Trinajstić information content (AvgIpc) is 2.78. The molecule has 1 aromatic heterocycles. The first-order chi connectivity index (χ1) is 9.19. The van der Waals surface area contributed by atoms with Gasteiger partial charge in [-0.05, 0) is 30.5 Å². The van der Waals surface area contributed by atoms with Gasteiger partial charge in [0.15, 0.2) is 11.6 Å². The zero-order chi connectivity index (χ0) is 13.4. The van der Waals surface area contributed by atoms with Crippen molar-refractivity contribution in [2.24, 2.45) is 0 Å². The second-order valence-corrected chi connectivity index (χ2v) is 4.64. The molecule has 1 aliphatic heterocycles. The van der Waals surface area contributed by atoms with Gasteiger partial charge in [-0.25, -0.2) is 9.07 Å². The molecule has 2 N–H and O–H groups in total. The molecule has 0 aliphatic carbocycles. The maximum atomic E-state index is 13.8. The molecule has 0 spiro atoms. The Bertz CT molecular complexity index is 611.